The summed E-state index contributed by atoms with van der Waals surface area (Å²) in [7, 11) is 1.69. The number of hydrogen-bond acceptors (Lipinski definition) is 4. The molecule has 6 heteroatoms. The van der Waals surface area contributed by atoms with Crippen LogP contribution >= 0.6 is 0 Å². The standard InChI is InChI=1S/C22H30N4O2/c1-15-7-10-26(11-8-15)12-9-20-24-18-13-16(14-23-22(27)21(18)25-20)17-5-3-4-6-19(17)28-2/h3-6,15-16H,7-14H2,1-2H3,(H,23,27)(H,24,25)/t16-/m1/s1. The number of ether oxygens (including phenoxy) is 1. The van der Waals surface area contributed by atoms with E-state index in [0.717, 1.165) is 61.2 Å². The molecule has 2 N–H and O–H groups in total. The average molecular weight is 383 g/mol. The minimum Gasteiger partial charge on any atom is -0.496 e. The molecular formula is C22H30N4O2. The molecule has 1 amide bonds. The lowest BCUT2D eigenvalue weighted by atomic mass is 9.93. The van der Waals surface area contributed by atoms with Gasteiger partial charge in [-0.2, -0.15) is 0 Å². The SMILES string of the molecule is COc1ccccc1[C@H]1CNC(=O)c2nc(CCN3CCC(C)CC3)[nH]c2C1. The number of rotatable bonds is 5. The summed E-state index contributed by atoms with van der Waals surface area (Å²) in [5.74, 6) is 2.70. The molecule has 0 radical (unpaired) electrons. The van der Waals surface area contributed by atoms with E-state index >= 15 is 0 Å². The summed E-state index contributed by atoms with van der Waals surface area (Å²) < 4.78 is 5.53. The first-order valence-electron chi connectivity index (χ1n) is 10.3. The fourth-order valence-corrected chi connectivity index (χ4v) is 4.31. The molecule has 1 aromatic heterocycles. The van der Waals surface area contributed by atoms with Gasteiger partial charge in [-0.15, -0.1) is 0 Å². The highest BCUT2D eigenvalue weighted by atomic mass is 16.5. The molecule has 1 saturated heterocycles. The van der Waals surface area contributed by atoms with Gasteiger partial charge in [-0.25, -0.2) is 4.98 Å². The first-order valence-corrected chi connectivity index (χ1v) is 10.3. The van der Waals surface area contributed by atoms with Crippen LogP contribution in [0.25, 0.3) is 0 Å². The lowest BCUT2D eigenvalue weighted by Gasteiger charge is -2.29. The van der Waals surface area contributed by atoms with Crippen LogP contribution in [0.1, 0.15) is 53.3 Å². The van der Waals surface area contributed by atoms with Gasteiger partial charge in [-0.1, -0.05) is 25.1 Å². The number of fused-ring (bicyclic) bond motifs is 1. The van der Waals surface area contributed by atoms with Crippen molar-refractivity contribution in [3.05, 3.63) is 47.0 Å². The van der Waals surface area contributed by atoms with Gasteiger partial charge >= 0.3 is 0 Å². The zero-order valence-electron chi connectivity index (χ0n) is 16.8. The fraction of sp³-hybridized carbons (Fsp3) is 0.545. The molecule has 2 aliphatic heterocycles. The second-order valence-corrected chi connectivity index (χ2v) is 8.14. The normalized spacial score (nSPS) is 21.1. The first kappa shape index (κ1) is 19.0. The van der Waals surface area contributed by atoms with Gasteiger partial charge in [-0.05, 0) is 49.9 Å². The first-order chi connectivity index (χ1) is 13.6. The van der Waals surface area contributed by atoms with Crippen LogP contribution in [0.15, 0.2) is 24.3 Å². The number of nitrogens with one attached hydrogen (secondary N) is 2. The monoisotopic (exact) mass is 382 g/mol. The average Bonchev–Trinajstić information content (AvgIpc) is 3.06. The number of aromatic amines is 1. The van der Waals surface area contributed by atoms with E-state index in [9.17, 15) is 4.79 Å². The number of H-pyrrole nitrogens is 1. The van der Waals surface area contributed by atoms with Crippen molar-refractivity contribution in [2.75, 3.05) is 33.3 Å². The minimum absolute atomic E-state index is 0.0818. The third-order valence-electron chi connectivity index (χ3n) is 6.12. The van der Waals surface area contributed by atoms with Gasteiger partial charge in [0, 0.05) is 31.1 Å². The number of imidazole rings is 1. The van der Waals surface area contributed by atoms with Crippen LogP contribution in [0.5, 0.6) is 5.75 Å². The second-order valence-electron chi connectivity index (χ2n) is 8.14. The third kappa shape index (κ3) is 4.07. The highest BCUT2D eigenvalue weighted by Gasteiger charge is 2.27. The molecule has 0 bridgehead atoms. The van der Waals surface area contributed by atoms with Crippen molar-refractivity contribution in [3.63, 3.8) is 0 Å². The van der Waals surface area contributed by atoms with Crippen molar-refractivity contribution in [2.45, 2.75) is 38.5 Å². The van der Waals surface area contributed by atoms with Crippen molar-refractivity contribution in [1.29, 1.82) is 0 Å². The summed E-state index contributed by atoms with van der Waals surface area (Å²) in [5, 5.41) is 3.04. The lowest BCUT2D eigenvalue weighted by Crippen LogP contribution is -2.34. The quantitative estimate of drug-likeness (QED) is 0.834. The van der Waals surface area contributed by atoms with Crippen LogP contribution in [0.2, 0.25) is 0 Å². The van der Waals surface area contributed by atoms with E-state index in [1.807, 2.05) is 18.2 Å². The molecule has 1 fully saturated rings. The van der Waals surface area contributed by atoms with E-state index in [2.05, 4.69) is 33.2 Å². The predicted octanol–water partition coefficient (Wildman–Crippen LogP) is 2.76. The number of piperidine rings is 1. The maximum Gasteiger partial charge on any atom is 0.271 e. The van der Waals surface area contributed by atoms with Gasteiger partial charge in [0.25, 0.3) is 5.91 Å². The van der Waals surface area contributed by atoms with E-state index in [4.69, 9.17) is 4.74 Å². The van der Waals surface area contributed by atoms with Gasteiger partial charge < -0.3 is 19.9 Å². The summed E-state index contributed by atoms with van der Waals surface area (Å²) in [4.78, 5) is 23.1. The minimum atomic E-state index is -0.0818. The summed E-state index contributed by atoms with van der Waals surface area (Å²) in [6.45, 7) is 6.24. The van der Waals surface area contributed by atoms with E-state index in [1.54, 1.807) is 7.11 Å². The second kappa shape index (κ2) is 8.35. The number of methoxy groups -OCH3 is 1. The van der Waals surface area contributed by atoms with Gasteiger partial charge in [0.05, 0.1) is 7.11 Å². The molecule has 2 aromatic rings. The van der Waals surface area contributed by atoms with Gasteiger partial charge in [0.1, 0.15) is 17.3 Å². The van der Waals surface area contributed by atoms with E-state index in [1.165, 1.54) is 12.8 Å². The number of carbonyl (C=O) groups is 1. The molecule has 28 heavy (non-hydrogen) atoms. The fourth-order valence-electron chi connectivity index (χ4n) is 4.31. The van der Waals surface area contributed by atoms with Gasteiger partial charge in [-0.3, -0.25) is 4.79 Å². The molecule has 0 saturated carbocycles. The molecule has 0 unspecified atom stereocenters. The van der Waals surface area contributed by atoms with E-state index in [0.29, 0.717) is 12.2 Å². The molecule has 0 aliphatic carbocycles. The van der Waals surface area contributed by atoms with Crippen molar-refractivity contribution in [3.8, 4) is 5.75 Å². The smallest absolute Gasteiger partial charge is 0.271 e. The summed E-state index contributed by atoms with van der Waals surface area (Å²) >= 11 is 0. The van der Waals surface area contributed by atoms with Gasteiger partial charge in [0.15, 0.2) is 0 Å². The lowest BCUT2D eigenvalue weighted by molar-refractivity contribution is 0.0950. The van der Waals surface area contributed by atoms with Crippen LogP contribution in [0, 0.1) is 5.92 Å². The number of benzene rings is 1. The molecule has 1 atom stereocenters. The van der Waals surface area contributed by atoms with Crippen molar-refractivity contribution < 1.29 is 9.53 Å². The Labute approximate surface area is 166 Å². The Hall–Kier alpha value is -2.34. The van der Waals surface area contributed by atoms with Crippen LogP contribution in [0.3, 0.4) is 0 Å². The van der Waals surface area contributed by atoms with E-state index < -0.39 is 0 Å². The molecule has 150 valence electrons. The Bertz CT molecular complexity index is 824. The highest BCUT2D eigenvalue weighted by Crippen LogP contribution is 2.30. The zero-order chi connectivity index (χ0) is 19.5. The van der Waals surface area contributed by atoms with Crippen molar-refractivity contribution in [1.82, 2.24) is 20.2 Å². The summed E-state index contributed by atoms with van der Waals surface area (Å²) in [6, 6.07) is 8.04. The topological polar surface area (TPSA) is 70.2 Å². The number of hydrogen-bond donors (Lipinski definition) is 2. The Morgan fingerprint density at radius 3 is 2.82 bits per heavy atom. The van der Waals surface area contributed by atoms with Crippen LogP contribution in [-0.2, 0) is 12.8 Å². The molecule has 2 aliphatic rings. The Morgan fingerprint density at radius 1 is 1.25 bits per heavy atom. The molecule has 0 spiro atoms. The highest BCUT2D eigenvalue weighted by molar-refractivity contribution is 5.94. The van der Waals surface area contributed by atoms with Crippen LogP contribution in [-0.4, -0.2) is 54.1 Å². The summed E-state index contributed by atoms with van der Waals surface area (Å²) in [5.41, 5.74) is 2.62. The molecule has 4 rings (SSSR count). The van der Waals surface area contributed by atoms with Gasteiger partial charge in [0.2, 0.25) is 0 Å². The molecule has 3 heterocycles. The maximum absolute atomic E-state index is 12.6. The number of para-hydroxylation sites is 1. The molecule has 6 nitrogen and oxygen atoms in total. The van der Waals surface area contributed by atoms with Crippen molar-refractivity contribution >= 4 is 5.91 Å². The molecular weight excluding hydrogens is 352 g/mol. The Kier molecular flexibility index (Phi) is 5.67. The summed E-state index contributed by atoms with van der Waals surface area (Å²) in [6.07, 6.45) is 4.16. The number of carbonyl (C=O) groups excluding carboxylic acids is 1. The maximum atomic E-state index is 12.6. The Morgan fingerprint density at radius 2 is 2.04 bits per heavy atom. The number of amides is 1. The largest absolute Gasteiger partial charge is 0.496 e. The Balaban J connectivity index is 1.47. The van der Waals surface area contributed by atoms with Crippen LogP contribution in [0.4, 0.5) is 0 Å². The third-order valence-corrected chi connectivity index (χ3v) is 6.12. The number of aromatic nitrogens is 2. The van der Waals surface area contributed by atoms with E-state index in [-0.39, 0.29) is 11.8 Å². The van der Waals surface area contributed by atoms with Crippen LogP contribution < -0.4 is 10.1 Å². The van der Waals surface area contributed by atoms with Crippen molar-refractivity contribution in [2.24, 2.45) is 5.92 Å². The zero-order valence-corrected chi connectivity index (χ0v) is 16.8. The molecule has 1 aromatic carbocycles. The number of nitrogens with zero attached hydrogens (tertiary/aromatic N) is 2. The predicted molar refractivity (Wildman–Crippen MR) is 109 cm³/mol. The number of likely N-dealkylation sites (tertiary alicyclic amines) is 1.